The number of aryl methyl sites for hydroxylation is 1. The summed E-state index contributed by atoms with van der Waals surface area (Å²) in [5.41, 5.74) is 4.46. The number of fused-ring (bicyclic) bond motifs is 2. The van der Waals surface area contributed by atoms with Crippen LogP contribution in [0.1, 0.15) is 5.56 Å². The molecular weight excluding hydrogens is 357 g/mol. The Kier molecular flexibility index (Phi) is 3.53. The number of furan rings is 2. The first kappa shape index (κ1) is 16.1. The molecule has 118 valence electrons. The van der Waals surface area contributed by atoms with Crippen LogP contribution in [0.15, 0.2) is 43.9 Å². The second kappa shape index (κ2) is 5.70. The molecule has 0 saturated heterocycles. The minimum Gasteiger partial charge on any atom is -0.456 e. The molecule has 0 aliphatic carbocycles. The zero-order valence-corrected chi connectivity index (χ0v) is 15.5. The molecule has 0 N–H and O–H groups in total. The van der Waals surface area contributed by atoms with Crippen molar-refractivity contribution in [2.24, 2.45) is 0 Å². The molecule has 0 aliphatic heterocycles. The van der Waals surface area contributed by atoms with Crippen LogP contribution in [-0.2, 0) is 0 Å². The maximum absolute atomic E-state index is 6.35. The van der Waals surface area contributed by atoms with Gasteiger partial charge in [-0.05, 0) is 35.3 Å². The average Bonchev–Trinajstić information content (AvgIpc) is 3.36. The Morgan fingerprint density at radius 3 is 1.92 bits per heavy atom. The Hall–Kier alpha value is -2.11. The Balaban J connectivity index is 1.77. The van der Waals surface area contributed by atoms with E-state index in [0.717, 1.165) is 42.9 Å². The van der Waals surface area contributed by atoms with E-state index in [0.29, 0.717) is 22.3 Å². The molecular formula is C19H9B3O2S2. The van der Waals surface area contributed by atoms with Crippen LogP contribution >= 0.6 is 22.7 Å². The lowest BCUT2D eigenvalue weighted by molar-refractivity contribution is 0.629. The Morgan fingerprint density at radius 1 is 0.769 bits per heavy atom. The molecule has 0 bridgehead atoms. The lowest BCUT2D eigenvalue weighted by Gasteiger charge is -1.97. The molecule has 4 heterocycles. The van der Waals surface area contributed by atoms with Gasteiger partial charge in [0.05, 0.1) is 9.75 Å². The van der Waals surface area contributed by atoms with Crippen LogP contribution in [0, 0.1) is 6.92 Å². The van der Waals surface area contributed by atoms with E-state index in [1.165, 1.54) is 11.3 Å². The van der Waals surface area contributed by atoms with E-state index in [9.17, 15) is 0 Å². The fraction of sp³-hybridized carbons (Fsp3) is 0.0526. The first-order valence-electron chi connectivity index (χ1n) is 7.96. The van der Waals surface area contributed by atoms with Crippen molar-refractivity contribution in [2.75, 3.05) is 0 Å². The molecule has 26 heavy (non-hydrogen) atoms. The molecule has 0 unspecified atom stereocenters. The molecule has 0 atom stereocenters. The van der Waals surface area contributed by atoms with Crippen molar-refractivity contribution in [2.45, 2.75) is 6.92 Å². The van der Waals surface area contributed by atoms with Gasteiger partial charge in [-0.25, -0.2) is 0 Å². The molecule has 0 fully saturated rings. The predicted molar refractivity (Wildman–Crippen MR) is 114 cm³/mol. The number of hydrogen-bond acceptors (Lipinski definition) is 4. The normalized spacial score (nSPS) is 11.7. The molecule has 5 rings (SSSR count). The summed E-state index contributed by atoms with van der Waals surface area (Å²) < 4.78 is 12.2. The standard InChI is InChI=1S/C19H9B3O2S2/c1-8-9-6-14-10(15(22)17(24-14)19-12(21)3-5-26-19)7-13(9)23-16(8)18-11(20)2-4-25-18/h2-7H,1H3. The van der Waals surface area contributed by atoms with Gasteiger partial charge in [-0.1, -0.05) is 23.1 Å². The van der Waals surface area contributed by atoms with E-state index >= 15 is 0 Å². The van der Waals surface area contributed by atoms with Crippen LogP contribution in [0.3, 0.4) is 0 Å². The van der Waals surface area contributed by atoms with Gasteiger partial charge in [0, 0.05) is 16.3 Å². The summed E-state index contributed by atoms with van der Waals surface area (Å²) in [6.45, 7) is 2.02. The predicted octanol–water partition coefficient (Wildman–Crippen LogP) is 3.33. The molecule has 4 aromatic heterocycles. The van der Waals surface area contributed by atoms with E-state index in [4.69, 9.17) is 32.4 Å². The molecule has 0 amide bonds. The van der Waals surface area contributed by atoms with Crippen molar-refractivity contribution in [3.8, 4) is 21.3 Å². The molecule has 0 aliphatic rings. The van der Waals surface area contributed by atoms with Gasteiger partial charge in [-0.15, -0.1) is 22.7 Å². The third-order valence-electron chi connectivity index (χ3n) is 4.59. The third kappa shape index (κ3) is 2.20. The lowest BCUT2D eigenvalue weighted by Crippen LogP contribution is -2.08. The molecule has 1 aromatic carbocycles. The van der Waals surface area contributed by atoms with Crippen LogP contribution in [-0.4, -0.2) is 23.5 Å². The number of hydrogen-bond donors (Lipinski definition) is 0. The van der Waals surface area contributed by atoms with Crippen molar-refractivity contribution >= 4 is 84.5 Å². The Morgan fingerprint density at radius 2 is 1.31 bits per heavy atom. The van der Waals surface area contributed by atoms with Gasteiger partial charge in [0.15, 0.2) is 0 Å². The molecule has 0 spiro atoms. The summed E-state index contributed by atoms with van der Waals surface area (Å²) >= 11 is 3.07. The van der Waals surface area contributed by atoms with Crippen LogP contribution < -0.4 is 16.4 Å². The summed E-state index contributed by atoms with van der Waals surface area (Å²) in [5.74, 6) is 1.40. The highest BCUT2D eigenvalue weighted by atomic mass is 32.1. The monoisotopic (exact) mass is 366 g/mol. The van der Waals surface area contributed by atoms with Crippen LogP contribution in [0.5, 0.6) is 0 Å². The van der Waals surface area contributed by atoms with E-state index in [1.807, 2.05) is 41.9 Å². The van der Waals surface area contributed by atoms with E-state index in [2.05, 4.69) is 0 Å². The van der Waals surface area contributed by atoms with E-state index in [-0.39, 0.29) is 0 Å². The van der Waals surface area contributed by atoms with Crippen LogP contribution in [0.2, 0.25) is 0 Å². The fourth-order valence-corrected chi connectivity index (χ4v) is 4.89. The highest BCUT2D eigenvalue weighted by molar-refractivity contribution is 7.15. The first-order valence-corrected chi connectivity index (χ1v) is 9.72. The number of benzene rings is 1. The quantitative estimate of drug-likeness (QED) is 0.448. The van der Waals surface area contributed by atoms with E-state index in [1.54, 1.807) is 11.3 Å². The molecule has 7 heteroatoms. The van der Waals surface area contributed by atoms with Gasteiger partial charge in [-0.3, -0.25) is 0 Å². The fourth-order valence-electron chi connectivity index (χ4n) is 3.22. The molecule has 5 aromatic rings. The second-order valence-corrected chi connectivity index (χ2v) is 7.99. The summed E-state index contributed by atoms with van der Waals surface area (Å²) in [7, 11) is 18.4. The maximum atomic E-state index is 6.35. The molecule has 2 nitrogen and oxygen atoms in total. The summed E-state index contributed by atoms with van der Waals surface area (Å²) in [5, 5.41) is 5.68. The van der Waals surface area contributed by atoms with E-state index < -0.39 is 0 Å². The lowest BCUT2D eigenvalue weighted by atomic mass is 9.88. The minimum absolute atomic E-state index is 0.572. The zero-order valence-electron chi connectivity index (χ0n) is 13.8. The smallest absolute Gasteiger partial charge is 0.147 e. The number of thiophene rings is 2. The third-order valence-corrected chi connectivity index (χ3v) is 6.45. The van der Waals surface area contributed by atoms with Crippen molar-refractivity contribution in [1.82, 2.24) is 0 Å². The van der Waals surface area contributed by atoms with Crippen molar-refractivity contribution in [3.05, 3.63) is 40.6 Å². The highest BCUT2D eigenvalue weighted by Crippen LogP contribution is 2.37. The largest absolute Gasteiger partial charge is 0.456 e. The second-order valence-electron chi connectivity index (χ2n) is 6.16. The van der Waals surface area contributed by atoms with Gasteiger partial charge >= 0.3 is 0 Å². The number of rotatable bonds is 2. The minimum atomic E-state index is 0.572. The topological polar surface area (TPSA) is 26.3 Å². The first-order chi connectivity index (χ1) is 12.5. The van der Waals surface area contributed by atoms with Gasteiger partial charge < -0.3 is 8.83 Å². The summed E-state index contributed by atoms with van der Waals surface area (Å²) in [6, 6.07) is 7.63. The van der Waals surface area contributed by atoms with Gasteiger partial charge in [0.2, 0.25) is 0 Å². The van der Waals surface area contributed by atoms with Crippen molar-refractivity contribution in [3.63, 3.8) is 0 Å². The zero-order chi connectivity index (χ0) is 18.0. The molecule has 6 radical (unpaired) electrons. The summed E-state index contributed by atoms with van der Waals surface area (Å²) in [4.78, 5) is 1.79. The average molecular weight is 366 g/mol. The van der Waals surface area contributed by atoms with Gasteiger partial charge in [0.25, 0.3) is 0 Å². The maximum Gasteiger partial charge on any atom is 0.147 e. The molecule has 0 saturated carbocycles. The van der Waals surface area contributed by atoms with Crippen molar-refractivity contribution in [1.29, 1.82) is 0 Å². The highest BCUT2D eigenvalue weighted by Gasteiger charge is 2.19. The van der Waals surface area contributed by atoms with Crippen molar-refractivity contribution < 1.29 is 8.83 Å². The van der Waals surface area contributed by atoms with Crippen LogP contribution in [0.4, 0.5) is 0 Å². The Bertz CT molecular complexity index is 1190. The summed E-state index contributed by atoms with van der Waals surface area (Å²) in [6.07, 6.45) is 0. The van der Waals surface area contributed by atoms with Crippen LogP contribution in [0.25, 0.3) is 43.2 Å². The SMILES string of the molecule is [B]c1ccsc1-c1oc2cc3c(C)c(-c4sccc4[B])oc3cc2c1[B]. The van der Waals surface area contributed by atoms with Gasteiger partial charge in [0.1, 0.15) is 46.2 Å². The Labute approximate surface area is 162 Å². The van der Waals surface area contributed by atoms with Gasteiger partial charge in [-0.2, -0.15) is 0 Å².